The number of carbonyl (C=O) groups excluding carboxylic acids is 2. The average molecular weight is 613 g/mol. The highest BCUT2D eigenvalue weighted by Gasteiger charge is 2.14. The fourth-order valence-electron chi connectivity index (χ4n) is 2.28. The van der Waals surface area contributed by atoms with Crippen LogP contribution < -0.4 is 0 Å². The van der Waals surface area contributed by atoms with Crippen LogP contribution in [0.15, 0.2) is 25.3 Å². The highest BCUT2D eigenvalue weighted by molar-refractivity contribution is 5.81. The molecule has 0 saturated heterocycles. The summed E-state index contributed by atoms with van der Waals surface area (Å²) < 4.78 is 15.4. The van der Waals surface area contributed by atoms with Crippen molar-refractivity contribution < 1.29 is 72.7 Å². The summed E-state index contributed by atoms with van der Waals surface area (Å²) in [6, 6.07) is 0. The Morgan fingerprint density at radius 3 is 1.17 bits per heavy atom. The maximum atomic E-state index is 11.1. The van der Waals surface area contributed by atoms with Crippen molar-refractivity contribution in [2.24, 2.45) is 0 Å². The molecule has 7 atom stereocenters. The molecule has 246 valence electrons. The van der Waals surface area contributed by atoms with Gasteiger partial charge < -0.3 is 14.2 Å². The van der Waals surface area contributed by atoms with Gasteiger partial charge in [0.2, 0.25) is 0 Å². The number of carbonyl (C=O) groups is 2. The van der Waals surface area contributed by atoms with Crippen LogP contribution in [0.4, 0.5) is 0 Å². The minimum absolute atomic E-state index is 0.0509. The molecule has 0 aromatic carbocycles. The van der Waals surface area contributed by atoms with Crippen molar-refractivity contribution in [1.29, 1.82) is 0 Å². The molecule has 0 N–H and O–H groups in total. The Kier molecular flexibility index (Phi) is 24.3. The molecule has 0 bridgehead atoms. The van der Waals surface area contributed by atoms with Gasteiger partial charge in [0, 0.05) is 12.2 Å². The summed E-state index contributed by atoms with van der Waals surface area (Å²) in [5.41, 5.74) is 0. The van der Waals surface area contributed by atoms with Gasteiger partial charge in [-0.1, -0.05) is 13.2 Å². The Bertz CT molecular complexity index is 722. The molecule has 0 aromatic heterocycles. The second kappa shape index (κ2) is 25.5. The molecule has 0 heterocycles. The Hall–Kier alpha value is -2.02. The zero-order chi connectivity index (χ0) is 31.8. The van der Waals surface area contributed by atoms with Crippen molar-refractivity contribution in [2.75, 3.05) is 46.2 Å². The molecule has 0 fully saturated rings. The molecule has 0 aliphatic heterocycles. The van der Waals surface area contributed by atoms with Gasteiger partial charge in [-0.05, 0) is 48.5 Å². The van der Waals surface area contributed by atoms with Crippen LogP contribution in [0.5, 0.6) is 0 Å². The zero-order valence-electron chi connectivity index (χ0n) is 25.7. The van der Waals surface area contributed by atoms with Crippen LogP contribution in [0.3, 0.4) is 0 Å². The van der Waals surface area contributed by atoms with Crippen molar-refractivity contribution in [1.82, 2.24) is 0 Å². The van der Waals surface area contributed by atoms with Gasteiger partial charge in [-0.3, -0.25) is 0 Å². The molecule has 0 radical (unpaired) electrons. The average Bonchev–Trinajstić information content (AvgIpc) is 2.94. The third-order valence-electron chi connectivity index (χ3n) is 4.40. The van der Waals surface area contributed by atoms with E-state index in [4.69, 9.17) is 63.1 Å². The third kappa shape index (κ3) is 24.6. The first-order valence-corrected chi connectivity index (χ1v) is 13.6. The molecule has 0 aliphatic carbocycles. The lowest BCUT2D eigenvalue weighted by Gasteiger charge is -2.18. The lowest BCUT2D eigenvalue weighted by Crippen LogP contribution is -2.26. The van der Waals surface area contributed by atoms with E-state index in [1.807, 2.05) is 0 Å². The van der Waals surface area contributed by atoms with Gasteiger partial charge in [0.1, 0.15) is 76.3 Å². The highest BCUT2D eigenvalue weighted by Crippen LogP contribution is 2.04. The molecular weight excluding hydrogens is 564 g/mol. The number of hydrogen-bond acceptors (Lipinski definition) is 15. The minimum Gasteiger partial charge on any atom is -0.460 e. The molecule has 7 unspecified atom stereocenters. The summed E-state index contributed by atoms with van der Waals surface area (Å²) >= 11 is 0. The van der Waals surface area contributed by atoms with Crippen LogP contribution in [0.25, 0.3) is 0 Å². The van der Waals surface area contributed by atoms with E-state index in [0.29, 0.717) is 0 Å². The number of ether oxygens (including phenoxy) is 3. The predicted octanol–water partition coefficient (Wildman–Crippen LogP) is 2.92. The zero-order valence-corrected chi connectivity index (χ0v) is 25.7. The number of hydrogen-bond donors (Lipinski definition) is 0. The SMILES string of the molecule is C=CC(=O)OCC(C)OCC(C)OOCC(C)OOCC(C)OOCC(C)OOCC(C)OOCC(C)OC(=O)C=C. The smallest absolute Gasteiger partial charge is 0.330 e. The first-order chi connectivity index (χ1) is 20.0. The Balaban J connectivity index is 3.74. The number of rotatable bonds is 28. The molecule has 0 rings (SSSR count). The van der Waals surface area contributed by atoms with E-state index in [-0.39, 0.29) is 58.5 Å². The first kappa shape index (κ1) is 40.0. The third-order valence-corrected chi connectivity index (χ3v) is 4.40. The van der Waals surface area contributed by atoms with Crippen molar-refractivity contribution in [2.45, 2.75) is 91.2 Å². The van der Waals surface area contributed by atoms with E-state index in [9.17, 15) is 9.59 Å². The normalized spacial score (nSPS) is 16.5. The van der Waals surface area contributed by atoms with Crippen LogP contribution in [0.1, 0.15) is 48.5 Å². The van der Waals surface area contributed by atoms with Gasteiger partial charge >= 0.3 is 11.9 Å². The van der Waals surface area contributed by atoms with Gasteiger partial charge in [-0.25, -0.2) is 58.5 Å². The molecule has 0 aromatic rings. The first-order valence-electron chi connectivity index (χ1n) is 13.6. The van der Waals surface area contributed by atoms with Crippen LogP contribution in [-0.2, 0) is 72.7 Å². The quantitative estimate of drug-likeness (QED) is 0.0550. The maximum absolute atomic E-state index is 11.1. The molecule has 15 heteroatoms. The predicted molar refractivity (Wildman–Crippen MR) is 145 cm³/mol. The monoisotopic (exact) mass is 612 g/mol. The fraction of sp³-hybridized carbons (Fsp3) is 0.778. The Morgan fingerprint density at radius 1 is 0.476 bits per heavy atom. The molecule has 0 amide bonds. The summed E-state index contributed by atoms with van der Waals surface area (Å²) in [4.78, 5) is 73.6. The van der Waals surface area contributed by atoms with E-state index in [1.54, 1.807) is 48.5 Å². The largest absolute Gasteiger partial charge is 0.460 e. The topological polar surface area (TPSA) is 154 Å². The van der Waals surface area contributed by atoms with Gasteiger partial charge in [0.05, 0.1) is 12.7 Å². The van der Waals surface area contributed by atoms with E-state index in [2.05, 4.69) is 13.2 Å². The summed E-state index contributed by atoms with van der Waals surface area (Å²) in [6.07, 6.45) is -0.748. The maximum Gasteiger partial charge on any atom is 0.330 e. The molecule has 0 saturated carbocycles. The summed E-state index contributed by atoms with van der Waals surface area (Å²) in [6.45, 7) is 19.5. The van der Waals surface area contributed by atoms with Crippen molar-refractivity contribution in [3.63, 3.8) is 0 Å². The molecule has 0 aliphatic rings. The van der Waals surface area contributed by atoms with E-state index in [1.165, 1.54) is 0 Å². The minimum atomic E-state index is -0.540. The summed E-state index contributed by atoms with van der Waals surface area (Å²) in [5, 5.41) is 0. The van der Waals surface area contributed by atoms with E-state index in [0.717, 1.165) is 12.2 Å². The van der Waals surface area contributed by atoms with Crippen LogP contribution in [0, 0.1) is 0 Å². The number of esters is 2. The van der Waals surface area contributed by atoms with Crippen LogP contribution in [0.2, 0.25) is 0 Å². The lowest BCUT2D eigenvalue weighted by molar-refractivity contribution is -0.408. The lowest BCUT2D eigenvalue weighted by atomic mass is 10.4. The fourth-order valence-corrected chi connectivity index (χ4v) is 2.28. The van der Waals surface area contributed by atoms with E-state index >= 15 is 0 Å². The molecule has 15 nitrogen and oxygen atoms in total. The molecule has 0 spiro atoms. The summed E-state index contributed by atoms with van der Waals surface area (Å²) in [7, 11) is 0. The van der Waals surface area contributed by atoms with Crippen molar-refractivity contribution in [3.05, 3.63) is 25.3 Å². The van der Waals surface area contributed by atoms with Crippen molar-refractivity contribution in [3.8, 4) is 0 Å². The van der Waals surface area contributed by atoms with Gasteiger partial charge in [-0.15, -0.1) is 0 Å². The molecular formula is C27H48O15. The Labute approximate surface area is 247 Å². The van der Waals surface area contributed by atoms with Gasteiger partial charge in [0.25, 0.3) is 0 Å². The van der Waals surface area contributed by atoms with Gasteiger partial charge in [-0.2, -0.15) is 0 Å². The second-order valence-corrected chi connectivity index (χ2v) is 9.39. The van der Waals surface area contributed by atoms with Crippen LogP contribution in [-0.4, -0.2) is 101 Å². The van der Waals surface area contributed by atoms with Crippen LogP contribution >= 0.6 is 0 Å². The highest BCUT2D eigenvalue weighted by atomic mass is 17.2. The standard InChI is InChI=1S/C27H48O15/c1-10-26(28)31-12-19(3)30-13-21(5)38-33-15-23(7)40-35-17-25(9)42-36-18-24(8)41-34-16-22(6)39-32-14-20(4)37-27(29)11-2/h10-11,19-25H,1-2,12-18H2,3-9H3. The molecule has 42 heavy (non-hydrogen) atoms. The Morgan fingerprint density at radius 2 is 0.810 bits per heavy atom. The summed E-state index contributed by atoms with van der Waals surface area (Å²) in [5.74, 6) is -1.05. The van der Waals surface area contributed by atoms with Crippen molar-refractivity contribution >= 4 is 11.9 Å². The second-order valence-electron chi connectivity index (χ2n) is 9.39. The van der Waals surface area contributed by atoms with E-state index < -0.39 is 42.5 Å². The van der Waals surface area contributed by atoms with Gasteiger partial charge in [0.15, 0.2) is 0 Å².